The third kappa shape index (κ3) is 2.47. The molecule has 23 heavy (non-hydrogen) atoms. The van der Waals surface area contributed by atoms with E-state index in [-0.39, 0.29) is 36.1 Å². The lowest BCUT2D eigenvalue weighted by molar-refractivity contribution is -0.140. The monoisotopic (exact) mass is 316 g/mol. The van der Waals surface area contributed by atoms with Crippen molar-refractivity contribution in [1.29, 1.82) is 0 Å². The molecule has 122 valence electrons. The Kier molecular flexibility index (Phi) is 3.68. The molecule has 0 radical (unpaired) electrons. The molecule has 3 aliphatic rings. The van der Waals surface area contributed by atoms with Crippen molar-refractivity contribution in [2.24, 2.45) is 5.92 Å². The van der Waals surface area contributed by atoms with Crippen molar-refractivity contribution >= 4 is 11.7 Å². The van der Waals surface area contributed by atoms with Crippen LogP contribution in [0.1, 0.15) is 30.0 Å². The minimum absolute atomic E-state index is 0.0677. The van der Waals surface area contributed by atoms with Gasteiger partial charge in [-0.05, 0) is 17.5 Å². The van der Waals surface area contributed by atoms with Crippen molar-refractivity contribution in [3.05, 3.63) is 35.4 Å². The zero-order chi connectivity index (χ0) is 16.0. The van der Waals surface area contributed by atoms with E-state index in [1.54, 1.807) is 4.90 Å². The van der Waals surface area contributed by atoms with E-state index in [1.165, 1.54) is 11.1 Å². The van der Waals surface area contributed by atoms with Gasteiger partial charge < -0.3 is 4.90 Å². The molecule has 5 heteroatoms. The number of Topliss-reactive ketones (excluding diaryl/α,β-unsaturated/α-hetero) is 1. The van der Waals surface area contributed by atoms with Gasteiger partial charge in [-0.3, -0.25) is 18.9 Å². The summed E-state index contributed by atoms with van der Waals surface area (Å²) in [5.74, 6) is -0.187. The molecule has 3 heterocycles. The molecule has 2 fully saturated rings. The lowest BCUT2D eigenvalue weighted by atomic mass is 9.84. The maximum Gasteiger partial charge on any atom is 0.223 e. The van der Waals surface area contributed by atoms with Gasteiger partial charge in [0.1, 0.15) is 6.04 Å². The minimum atomic E-state index is -0.483. The van der Waals surface area contributed by atoms with Gasteiger partial charge in [0.05, 0.1) is 6.67 Å². The molecule has 0 aliphatic carbocycles. The number of halogens is 1. The summed E-state index contributed by atoms with van der Waals surface area (Å²) in [4.78, 5) is 28.8. The van der Waals surface area contributed by atoms with Crippen molar-refractivity contribution in [1.82, 2.24) is 9.80 Å². The Hall–Kier alpha value is -1.75. The molecule has 2 saturated heterocycles. The number of fused-ring (bicyclic) bond motifs is 3. The molecule has 0 saturated carbocycles. The first kappa shape index (κ1) is 14.8. The highest BCUT2D eigenvalue weighted by molar-refractivity contribution is 5.91. The SMILES string of the molecule is O=C1CC2c3ccccc3CCN2C[C@@H]1N1CC(CF)CC1=O. The summed E-state index contributed by atoms with van der Waals surface area (Å²) in [5.41, 5.74) is 2.58. The van der Waals surface area contributed by atoms with Gasteiger partial charge in [0, 0.05) is 44.4 Å². The highest BCUT2D eigenvalue weighted by Crippen LogP contribution is 2.37. The largest absolute Gasteiger partial charge is 0.331 e. The van der Waals surface area contributed by atoms with E-state index in [1.807, 2.05) is 12.1 Å². The Labute approximate surface area is 135 Å². The van der Waals surface area contributed by atoms with Gasteiger partial charge >= 0.3 is 0 Å². The molecule has 1 amide bonds. The second kappa shape index (κ2) is 5.71. The van der Waals surface area contributed by atoms with Crippen LogP contribution in [0, 0.1) is 5.92 Å². The van der Waals surface area contributed by atoms with E-state index in [2.05, 4.69) is 17.0 Å². The first-order chi connectivity index (χ1) is 11.2. The number of piperidine rings is 1. The fourth-order valence-corrected chi connectivity index (χ4v) is 4.30. The van der Waals surface area contributed by atoms with Gasteiger partial charge in [0.15, 0.2) is 5.78 Å². The van der Waals surface area contributed by atoms with Crippen LogP contribution in [0.2, 0.25) is 0 Å². The van der Waals surface area contributed by atoms with E-state index < -0.39 is 6.67 Å². The van der Waals surface area contributed by atoms with Crippen LogP contribution in [0.5, 0.6) is 0 Å². The number of hydrogen-bond acceptors (Lipinski definition) is 3. The van der Waals surface area contributed by atoms with Crippen LogP contribution >= 0.6 is 0 Å². The molecule has 3 aliphatic heterocycles. The summed E-state index contributed by atoms with van der Waals surface area (Å²) < 4.78 is 12.9. The molecule has 3 atom stereocenters. The zero-order valence-electron chi connectivity index (χ0n) is 13.1. The maximum absolute atomic E-state index is 12.9. The third-order valence-electron chi connectivity index (χ3n) is 5.53. The van der Waals surface area contributed by atoms with Crippen LogP contribution in [0.25, 0.3) is 0 Å². The molecule has 0 bridgehead atoms. The van der Waals surface area contributed by atoms with Crippen molar-refractivity contribution in [2.75, 3.05) is 26.3 Å². The van der Waals surface area contributed by atoms with Crippen LogP contribution in [0.4, 0.5) is 4.39 Å². The van der Waals surface area contributed by atoms with E-state index >= 15 is 0 Å². The normalized spacial score (nSPS) is 31.2. The topological polar surface area (TPSA) is 40.6 Å². The molecular formula is C18H21FN2O2. The molecule has 0 N–H and O–H groups in total. The van der Waals surface area contributed by atoms with Gasteiger partial charge in [-0.15, -0.1) is 0 Å². The average Bonchev–Trinajstić information content (AvgIpc) is 2.95. The Morgan fingerprint density at radius 1 is 1.09 bits per heavy atom. The molecule has 1 aromatic rings. The lowest BCUT2D eigenvalue weighted by Crippen LogP contribution is -2.56. The smallest absolute Gasteiger partial charge is 0.223 e. The summed E-state index contributed by atoms with van der Waals surface area (Å²) in [6, 6.07) is 8.06. The summed E-state index contributed by atoms with van der Waals surface area (Å²) in [6.45, 7) is 1.41. The summed E-state index contributed by atoms with van der Waals surface area (Å²) >= 11 is 0. The van der Waals surface area contributed by atoms with Crippen LogP contribution < -0.4 is 0 Å². The Bertz CT molecular complexity index is 648. The van der Waals surface area contributed by atoms with E-state index in [0.717, 1.165) is 13.0 Å². The lowest BCUT2D eigenvalue weighted by Gasteiger charge is -2.44. The quantitative estimate of drug-likeness (QED) is 0.834. The molecule has 2 unspecified atom stereocenters. The highest BCUT2D eigenvalue weighted by Gasteiger charge is 2.44. The Morgan fingerprint density at radius 3 is 2.70 bits per heavy atom. The molecule has 0 aromatic heterocycles. The fourth-order valence-electron chi connectivity index (χ4n) is 4.30. The average molecular weight is 316 g/mol. The number of rotatable bonds is 2. The van der Waals surface area contributed by atoms with E-state index in [4.69, 9.17) is 0 Å². The first-order valence-corrected chi connectivity index (χ1v) is 8.37. The summed E-state index contributed by atoms with van der Waals surface area (Å²) in [7, 11) is 0. The second-order valence-electron chi connectivity index (χ2n) is 6.92. The predicted molar refractivity (Wildman–Crippen MR) is 83.7 cm³/mol. The van der Waals surface area contributed by atoms with Crippen molar-refractivity contribution in [3.8, 4) is 0 Å². The molecule has 0 spiro atoms. The third-order valence-corrected chi connectivity index (χ3v) is 5.53. The maximum atomic E-state index is 12.9. The standard InChI is InChI=1S/C18H21FN2O2/c19-9-12-7-18(23)21(10-12)16-11-20-6-5-13-3-1-2-4-14(13)15(20)8-17(16)22/h1-4,12,15-16H,5-11H2/t12?,15?,16-/m0/s1. The molecular weight excluding hydrogens is 295 g/mol. The van der Waals surface area contributed by atoms with Crippen LogP contribution in [0.3, 0.4) is 0 Å². The highest BCUT2D eigenvalue weighted by atomic mass is 19.1. The fraction of sp³-hybridized carbons (Fsp3) is 0.556. The number of ketones is 1. The van der Waals surface area contributed by atoms with Gasteiger partial charge in [0.25, 0.3) is 0 Å². The molecule has 4 rings (SSSR count). The van der Waals surface area contributed by atoms with Gasteiger partial charge in [-0.25, -0.2) is 0 Å². The molecule has 4 nitrogen and oxygen atoms in total. The van der Waals surface area contributed by atoms with Crippen LogP contribution in [-0.2, 0) is 16.0 Å². The first-order valence-electron chi connectivity index (χ1n) is 8.37. The number of alkyl halides is 1. The van der Waals surface area contributed by atoms with Gasteiger partial charge in [-0.1, -0.05) is 24.3 Å². The molecule has 1 aromatic carbocycles. The number of hydrogen-bond donors (Lipinski definition) is 0. The van der Waals surface area contributed by atoms with Crippen LogP contribution in [0.15, 0.2) is 24.3 Å². The second-order valence-corrected chi connectivity index (χ2v) is 6.92. The van der Waals surface area contributed by atoms with Crippen molar-refractivity contribution in [2.45, 2.75) is 31.3 Å². The Balaban J connectivity index is 1.55. The van der Waals surface area contributed by atoms with Crippen molar-refractivity contribution in [3.63, 3.8) is 0 Å². The number of carbonyl (C=O) groups excluding carboxylic acids is 2. The number of benzene rings is 1. The number of carbonyl (C=O) groups is 2. The van der Waals surface area contributed by atoms with E-state index in [0.29, 0.717) is 19.5 Å². The van der Waals surface area contributed by atoms with Crippen LogP contribution in [-0.4, -0.2) is 53.8 Å². The van der Waals surface area contributed by atoms with Gasteiger partial charge in [0.2, 0.25) is 5.91 Å². The predicted octanol–water partition coefficient (Wildman–Crippen LogP) is 1.75. The van der Waals surface area contributed by atoms with Crippen molar-refractivity contribution < 1.29 is 14.0 Å². The summed E-state index contributed by atoms with van der Waals surface area (Å²) in [6.07, 6.45) is 1.67. The zero-order valence-corrected chi connectivity index (χ0v) is 13.1. The minimum Gasteiger partial charge on any atom is -0.331 e. The number of amides is 1. The number of likely N-dealkylation sites (tertiary alicyclic amines) is 1. The Morgan fingerprint density at radius 2 is 1.91 bits per heavy atom. The summed E-state index contributed by atoms with van der Waals surface area (Å²) in [5, 5.41) is 0. The van der Waals surface area contributed by atoms with E-state index in [9.17, 15) is 14.0 Å². The van der Waals surface area contributed by atoms with Gasteiger partial charge in [-0.2, -0.15) is 0 Å². The number of nitrogens with zero attached hydrogens (tertiary/aromatic N) is 2.